The molecule has 1 heterocycles. The van der Waals surface area contributed by atoms with E-state index < -0.39 is 0 Å². The van der Waals surface area contributed by atoms with Gasteiger partial charge in [-0.1, -0.05) is 0 Å². The fourth-order valence-electron chi connectivity index (χ4n) is 2.69. The third-order valence-electron chi connectivity index (χ3n) is 3.93. The number of anilines is 1. The van der Waals surface area contributed by atoms with E-state index in [0.29, 0.717) is 16.6 Å². The van der Waals surface area contributed by atoms with Crippen LogP contribution in [0.1, 0.15) is 29.0 Å². The first-order valence-electron chi connectivity index (χ1n) is 7.89. The van der Waals surface area contributed by atoms with Crippen LogP contribution in [0.3, 0.4) is 0 Å². The number of amides is 1. The largest absolute Gasteiger partial charge is 0.497 e. The molecule has 0 aliphatic heterocycles. The zero-order valence-corrected chi connectivity index (χ0v) is 14.6. The van der Waals surface area contributed by atoms with Gasteiger partial charge in [-0.05, 0) is 50.0 Å². The quantitative estimate of drug-likeness (QED) is 0.841. The lowest BCUT2D eigenvalue weighted by Gasteiger charge is -2.07. The van der Waals surface area contributed by atoms with Crippen molar-refractivity contribution in [3.63, 3.8) is 0 Å². The molecule has 0 atom stereocenters. The Balaban J connectivity index is 1.70. The molecule has 1 N–H and O–H groups in total. The molecule has 0 saturated heterocycles. The van der Waals surface area contributed by atoms with Gasteiger partial charge in [-0.2, -0.15) is 0 Å². The monoisotopic (exact) mass is 344 g/mol. The van der Waals surface area contributed by atoms with Crippen molar-refractivity contribution in [2.75, 3.05) is 19.5 Å². The maximum atomic E-state index is 12.1. The highest BCUT2D eigenvalue weighted by molar-refractivity contribution is 7.15. The topological polar surface area (TPSA) is 60.5 Å². The summed E-state index contributed by atoms with van der Waals surface area (Å²) >= 11 is 1.58. The van der Waals surface area contributed by atoms with Gasteiger partial charge >= 0.3 is 0 Å². The number of hydrogen-bond donors (Lipinski definition) is 1. The molecule has 1 aliphatic carbocycles. The Labute approximate surface area is 145 Å². The summed E-state index contributed by atoms with van der Waals surface area (Å²) in [5, 5.41) is 3.52. The number of aromatic nitrogens is 1. The van der Waals surface area contributed by atoms with E-state index in [2.05, 4.69) is 10.3 Å². The van der Waals surface area contributed by atoms with Gasteiger partial charge in [0.2, 0.25) is 5.91 Å². The molecule has 0 fully saturated rings. The minimum Gasteiger partial charge on any atom is -0.497 e. The van der Waals surface area contributed by atoms with Crippen LogP contribution in [0.4, 0.5) is 5.13 Å². The van der Waals surface area contributed by atoms with Crippen molar-refractivity contribution in [1.82, 2.24) is 4.98 Å². The number of nitrogens with zero attached hydrogens (tertiary/aromatic N) is 1. The van der Waals surface area contributed by atoms with E-state index in [1.165, 1.54) is 23.8 Å². The number of rotatable bonds is 5. The van der Waals surface area contributed by atoms with Crippen LogP contribution in [0.2, 0.25) is 0 Å². The average Bonchev–Trinajstić information content (AvgIpc) is 3.01. The number of carbonyl (C=O) groups is 1. The van der Waals surface area contributed by atoms with Gasteiger partial charge in [-0.25, -0.2) is 4.98 Å². The molecular weight excluding hydrogens is 324 g/mol. The Kier molecular flexibility index (Phi) is 5.15. The number of carbonyl (C=O) groups excluding carboxylic acids is 1. The predicted molar refractivity (Wildman–Crippen MR) is 96.0 cm³/mol. The molecule has 1 aromatic carbocycles. The van der Waals surface area contributed by atoms with Gasteiger partial charge in [0, 0.05) is 16.5 Å². The molecule has 0 radical (unpaired) electrons. The number of thiazole rings is 1. The Morgan fingerprint density at radius 1 is 1.25 bits per heavy atom. The smallest absolute Gasteiger partial charge is 0.250 e. The van der Waals surface area contributed by atoms with Crippen LogP contribution in [-0.4, -0.2) is 25.1 Å². The number of aryl methyl sites for hydroxylation is 2. The van der Waals surface area contributed by atoms with Crippen molar-refractivity contribution in [2.45, 2.75) is 25.7 Å². The average molecular weight is 344 g/mol. The van der Waals surface area contributed by atoms with Gasteiger partial charge in [-0.15, -0.1) is 11.3 Å². The molecule has 0 unspecified atom stereocenters. The number of benzene rings is 1. The second kappa shape index (κ2) is 7.49. The third kappa shape index (κ3) is 3.76. The SMILES string of the molecule is COc1ccc(OC)c(/C=C/C(=O)Nc2nc3c(s2)CCCC3)c1. The van der Waals surface area contributed by atoms with Crippen molar-refractivity contribution in [2.24, 2.45) is 0 Å². The fraction of sp³-hybridized carbons (Fsp3) is 0.333. The van der Waals surface area contributed by atoms with Crippen LogP contribution in [-0.2, 0) is 17.6 Å². The lowest BCUT2D eigenvalue weighted by atomic mass is 10.0. The van der Waals surface area contributed by atoms with Gasteiger partial charge in [0.1, 0.15) is 11.5 Å². The summed E-state index contributed by atoms with van der Waals surface area (Å²) in [4.78, 5) is 18.0. The summed E-state index contributed by atoms with van der Waals surface area (Å²) in [6.45, 7) is 0. The summed E-state index contributed by atoms with van der Waals surface area (Å²) in [6.07, 6.45) is 7.66. The lowest BCUT2D eigenvalue weighted by molar-refractivity contribution is -0.111. The first-order valence-corrected chi connectivity index (χ1v) is 8.71. The first-order chi connectivity index (χ1) is 11.7. The van der Waals surface area contributed by atoms with Crippen LogP contribution >= 0.6 is 11.3 Å². The molecule has 0 spiro atoms. The highest BCUT2D eigenvalue weighted by Crippen LogP contribution is 2.29. The minimum atomic E-state index is -0.203. The van der Waals surface area contributed by atoms with E-state index in [0.717, 1.165) is 24.1 Å². The summed E-state index contributed by atoms with van der Waals surface area (Å²) in [5.41, 5.74) is 1.92. The number of fused-ring (bicyclic) bond motifs is 1. The molecule has 6 heteroatoms. The molecule has 1 aliphatic rings. The van der Waals surface area contributed by atoms with Crippen LogP contribution < -0.4 is 14.8 Å². The molecule has 3 rings (SSSR count). The standard InChI is InChI=1S/C18H20N2O3S/c1-22-13-8-9-15(23-2)12(11-13)7-10-17(21)20-18-19-14-5-3-4-6-16(14)24-18/h7-11H,3-6H2,1-2H3,(H,19,20,21)/b10-7+. The van der Waals surface area contributed by atoms with Gasteiger partial charge in [0.05, 0.1) is 19.9 Å². The van der Waals surface area contributed by atoms with Gasteiger partial charge < -0.3 is 9.47 Å². The van der Waals surface area contributed by atoms with Crippen LogP contribution in [0.15, 0.2) is 24.3 Å². The number of nitrogens with one attached hydrogen (secondary N) is 1. The van der Waals surface area contributed by atoms with E-state index in [9.17, 15) is 4.79 Å². The maximum Gasteiger partial charge on any atom is 0.250 e. The van der Waals surface area contributed by atoms with E-state index >= 15 is 0 Å². The zero-order chi connectivity index (χ0) is 16.9. The lowest BCUT2D eigenvalue weighted by Crippen LogP contribution is -2.07. The van der Waals surface area contributed by atoms with Crippen molar-refractivity contribution in [3.8, 4) is 11.5 Å². The zero-order valence-electron chi connectivity index (χ0n) is 13.8. The highest BCUT2D eigenvalue weighted by Gasteiger charge is 2.15. The Morgan fingerprint density at radius 2 is 2.08 bits per heavy atom. The van der Waals surface area contributed by atoms with Crippen LogP contribution in [0.5, 0.6) is 11.5 Å². The van der Waals surface area contributed by atoms with E-state index in [1.54, 1.807) is 31.6 Å². The van der Waals surface area contributed by atoms with E-state index in [1.807, 2.05) is 18.2 Å². The molecule has 24 heavy (non-hydrogen) atoms. The molecule has 1 amide bonds. The molecular formula is C18H20N2O3S. The molecule has 126 valence electrons. The fourth-order valence-corrected chi connectivity index (χ4v) is 3.74. The third-order valence-corrected chi connectivity index (χ3v) is 5.00. The Morgan fingerprint density at radius 3 is 2.83 bits per heavy atom. The van der Waals surface area contributed by atoms with Crippen molar-refractivity contribution >= 4 is 28.5 Å². The van der Waals surface area contributed by atoms with Crippen molar-refractivity contribution in [1.29, 1.82) is 0 Å². The number of hydrogen-bond acceptors (Lipinski definition) is 5. The Hall–Kier alpha value is -2.34. The molecule has 0 saturated carbocycles. The summed E-state index contributed by atoms with van der Waals surface area (Å²) in [7, 11) is 3.20. The molecule has 1 aromatic heterocycles. The van der Waals surface area contributed by atoms with Crippen molar-refractivity contribution in [3.05, 3.63) is 40.4 Å². The highest BCUT2D eigenvalue weighted by atomic mass is 32.1. The predicted octanol–water partition coefficient (Wildman–Crippen LogP) is 3.69. The van der Waals surface area contributed by atoms with Gasteiger partial charge in [-0.3, -0.25) is 10.1 Å². The van der Waals surface area contributed by atoms with Gasteiger partial charge in [0.15, 0.2) is 5.13 Å². The summed E-state index contributed by atoms with van der Waals surface area (Å²) < 4.78 is 10.5. The number of ether oxygens (including phenoxy) is 2. The first kappa shape index (κ1) is 16.5. The van der Waals surface area contributed by atoms with Crippen LogP contribution in [0, 0.1) is 0 Å². The van der Waals surface area contributed by atoms with E-state index in [-0.39, 0.29) is 5.91 Å². The molecule has 0 bridgehead atoms. The number of methoxy groups -OCH3 is 2. The molecule has 2 aromatic rings. The Bertz CT molecular complexity index is 744. The van der Waals surface area contributed by atoms with E-state index in [4.69, 9.17) is 9.47 Å². The van der Waals surface area contributed by atoms with Crippen molar-refractivity contribution < 1.29 is 14.3 Å². The second-order valence-corrected chi connectivity index (χ2v) is 6.61. The summed E-state index contributed by atoms with van der Waals surface area (Å²) in [6, 6.07) is 5.45. The maximum absolute atomic E-state index is 12.1. The summed E-state index contributed by atoms with van der Waals surface area (Å²) in [5.74, 6) is 1.19. The molecule has 5 nitrogen and oxygen atoms in total. The van der Waals surface area contributed by atoms with Gasteiger partial charge in [0.25, 0.3) is 0 Å². The second-order valence-electron chi connectivity index (χ2n) is 5.53. The minimum absolute atomic E-state index is 0.203. The normalized spacial score (nSPS) is 13.6. The van der Waals surface area contributed by atoms with Crippen LogP contribution in [0.25, 0.3) is 6.08 Å².